The van der Waals surface area contributed by atoms with Crippen molar-refractivity contribution in [3.05, 3.63) is 0 Å². The molecule has 0 atom stereocenters. The van der Waals surface area contributed by atoms with E-state index in [1.165, 1.54) is 0 Å². The first-order valence-corrected chi connectivity index (χ1v) is 1.96. The first-order valence-electron chi connectivity index (χ1n) is 1.49. The second kappa shape index (κ2) is 3.15. The smallest absolute Gasteiger partial charge is 0.210 e. The molecule has 0 aromatic heterocycles. The summed E-state index contributed by atoms with van der Waals surface area (Å²) in [5, 5.41) is 1.03. The van der Waals surface area contributed by atoms with Gasteiger partial charge in [0.05, 0.1) is 0 Å². The average Bonchev–Trinajstić information content (AvgIpc) is 1.35. The Morgan fingerprint density at radius 3 is 2.17 bits per heavy atom. The molecular formula is C3H4F2S. The summed E-state index contributed by atoms with van der Waals surface area (Å²) in [5.41, 5.74) is 0. The fraction of sp³-hybridized carbons (Fsp3) is 0.667. The maximum absolute atomic E-state index is 10.9. The summed E-state index contributed by atoms with van der Waals surface area (Å²) in [4.78, 5) is 0. The van der Waals surface area contributed by atoms with Crippen molar-refractivity contribution < 1.29 is 8.78 Å². The summed E-state index contributed by atoms with van der Waals surface area (Å²) in [6.07, 6.45) is -2.53. The summed E-state index contributed by atoms with van der Waals surface area (Å²) in [6, 6.07) is 0. The molecule has 36 valence electrons. The molecular weight excluding hydrogens is 106 g/mol. The van der Waals surface area contributed by atoms with Crippen molar-refractivity contribution in [2.75, 3.05) is 0 Å². The normalized spacial score (nSPS) is 9.17. The summed E-state index contributed by atoms with van der Waals surface area (Å²) in [7, 11) is 0. The highest BCUT2D eigenvalue weighted by Gasteiger charge is 1.94. The molecule has 0 aliphatic rings. The second-order valence-corrected chi connectivity index (χ2v) is 1.13. The van der Waals surface area contributed by atoms with Gasteiger partial charge in [-0.2, -0.15) is 0 Å². The number of hydrogen-bond acceptors (Lipinski definition) is 1. The molecule has 3 heteroatoms. The number of rotatable bonds is 2. The molecule has 0 spiro atoms. The average molecular weight is 110 g/mol. The molecule has 0 nitrogen and oxygen atoms in total. The van der Waals surface area contributed by atoms with Gasteiger partial charge in [0, 0.05) is 6.42 Å². The molecule has 0 aliphatic carbocycles. The molecule has 0 saturated heterocycles. The van der Waals surface area contributed by atoms with Gasteiger partial charge in [-0.3, -0.25) is 0 Å². The molecule has 6 heavy (non-hydrogen) atoms. The molecule has 0 unspecified atom stereocenters. The van der Waals surface area contributed by atoms with Gasteiger partial charge in [0.25, 0.3) is 0 Å². The number of thiocarbonyl (C=S) groups is 1. The van der Waals surface area contributed by atoms with Crippen LogP contribution in [0.1, 0.15) is 6.42 Å². The highest BCUT2D eigenvalue weighted by molar-refractivity contribution is 7.78. The summed E-state index contributed by atoms with van der Waals surface area (Å²) < 4.78 is 21.9. The van der Waals surface area contributed by atoms with Gasteiger partial charge in [-0.05, 0) is 5.37 Å². The van der Waals surface area contributed by atoms with Crippen LogP contribution in [0.4, 0.5) is 8.78 Å². The van der Waals surface area contributed by atoms with Gasteiger partial charge in [0.15, 0.2) is 0 Å². The van der Waals surface area contributed by atoms with Crippen LogP contribution in [-0.2, 0) is 0 Å². The lowest BCUT2D eigenvalue weighted by Gasteiger charge is -1.82. The van der Waals surface area contributed by atoms with E-state index in [4.69, 9.17) is 0 Å². The third-order valence-electron chi connectivity index (χ3n) is 0.274. The van der Waals surface area contributed by atoms with Crippen LogP contribution >= 0.6 is 12.2 Å². The second-order valence-electron chi connectivity index (χ2n) is 0.793. The minimum atomic E-state index is -2.26. The van der Waals surface area contributed by atoms with Gasteiger partial charge in [0.1, 0.15) is 0 Å². The maximum atomic E-state index is 10.9. The van der Waals surface area contributed by atoms with Crippen molar-refractivity contribution in [2.45, 2.75) is 12.8 Å². The zero-order chi connectivity index (χ0) is 4.99. The van der Waals surface area contributed by atoms with Crippen molar-refractivity contribution in [3.63, 3.8) is 0 Å². The van der Waals surface area contributed by atoms with Crippen LogP contribution in [0.5, 0.6) is 0 Å². The Morgan fingerprint density at radius 1 is 1.67 bits per heavy atom. The predicted octanol–water partition coefficient (Wildman–Crippen LogP) is 1.64. The van der Waals surface area contributed by atoms with Crippen molar-refractivity contribution in [2.24, 2.45) is 0 Å². The molecule has 0 radical (unpaired) electrons. The van der Waals surface area contributed by atoms with E-state index in [1.54, 1.807) is 0 Å². The van der Waals surface area contributed by atoms with Crippen LogP contribution in [0, 0.1) is 0 Å². The highest BCUT2D eigenvalue weighted by Crippen LogP contribution is 1.93. The van der Waals surface area contributed by atoms with Gasteiger partial charge in [-0.15, -0.1) is 0 Å². The molecule has 0 saturated carbocycles. The third kappa shape index (κ3) is 3.95. The van der Waals surface area contributed by atoms with Crippen LogP contribution in [0.2, 0.25) is 0 Å². The lowest BCUT2D eigenvalue weighted by atomic mass is 10.5. The molecule has 0 aromatic carbocycles. The van der Waals surface area contributed by atoms with Gasteiger partial charge in [-0.25, -0.2) is 8.78 Å². The summed E-state index contributed by atoms with van der Waals surface area (Å²) >= 11 is 4.12. The first-order chi connectivity index (χ1) is 2.77. The molecule has 0 rings (SSSR count). The minimum Gasteiger partial charge on any atom is -0.210 e. The standard InChI is InChI=1S/C3H4F2S/c4-3(5)1-2-6/h2-3H,1H2. The van der Waals surface area contributed by atoms with Gasteiger partial charge in [0.2, 0.25) is 6.43 Å². The lowest BCUT2D eigenvalue weighted by Crippen LogP contribution is -1.86. The van der Waals surface area contributed by atoms with Crippen molar-refractivity contribution in [3.8, 4) is 0 Å². The molecule has 0 aliphatic heterocycles. The Bertz CT molecular complexity index is 44.1. The zero-order valence-corrected chi connectivity index (χ0v) is 3.84. The Balaban J connectivity index is 2.81. The SMILES string of the molecule is FC(F)CC=S. The zero-order valence-electron chi connectivity index (χ0n) is 3.03. The Labute approximate surface area is 40.2 Å². The molecule has 0 N–H and O–H groups in total. The van der Waals surface area contributed by atoms with E-state index in [9.17, 15) is 8.78 Å². The summed E-state index contributed by atoms with van der Waals surface area (Å²) in [6.45, 7) is 0. The van der Waals surface area contributed by atoms with Crippen LogP contribution < -0.4 is 0 Å². The lowest BCUT2D eigenvalue weighted by molar-refractivity contribution is 0.159. The summed E-state index contributed by atoms with van der Waals surface area (Å²) in [5.74, 6) is 0. The largest absolute Gasteiger partial charge is 0.242 e. The Morgan fingerprint density at radius 2 is 2.17 bits per heavy atom. The van der Waals surface area contributed by atoms with Crippen LogP contribution in [0.15, 0.2) is 0 Å². The quantitative estimate of drug-likeness (QED) is 0.487. The van der Waals surface area contributed by atoms with E-state index in [-0.39, 0.29) is 6.42 Å². The van der Waals surface area contributed by atoms with Gasteiger partial charge in [-0.1, -0.05) is 12.2 Å². The molecule has 0 amide bonds. The Hall–Kier alpha value is -0.0500. The number of halogens is 2. The van der Waals surface area contributed by atoms with E-state index in [0.717, 1.165) is 5.37 Å². The van der Waals surface area contributed by atoms with E-state index in [2.05, 4.69) is 12.2 Å². The monoisotopic (exact) mass is 110 g/mol. The topological polar surface area (TPSA) is 0 Å². The number of alkyl halides is 2. The van der Waals surface area contributed by atoms with E-state index in [0.29, 0.717) is 0 Å². The minimum absolute atomic E-state index is 0.269. The van der Waals surface area contributed by atoms with Crippen LogP contribution in [0.25, 0.3) is 0 Å². The van der Waals surface area contributed by atoms with Crippen LogP contribution in [-0.4, -0.2) is 11.8 Å². The van der Waals surface area contributed by atoms with Crippen molar-refractivity contribution in [1.82, 2.24) is 0 Å². The van der Waals surface area contributed by atoms with Gasteiger partial charge >= 0.3 is 0 Å². The van der Waals surface area contributed by atoms with E-state index < -0.39 is 6.43 Å². The predicted molar refractivity (Wildman–Crippen MR) is 24.3 cm³/mol. The molecule has 0 bridgehead atoms. The Kier molecular flexibility index (Phi) is 3.13. The maximum Gasteiger partial charge on any atom is 0.242 e. The van der Waals surface area contributed by atoms with Gasteiger partial charge < -0.3 is 0 Å². The fourth-order valence-corrected chi connectivity index (χ4v) is 0.218. The fourth-order valence-electron chi connectivity index (χ4n) is 0.0727. The van der Waals surface area contributed by atoms with Crippen molar-refractivity contribution in [1.29, 1.82) is 0 Å². The third-order valence-corrected chi connectivity index (χ3v) is 0.467. The molecule has 0 heterocycles. The van der Waals surface area contributed by atoms with Crippen LogP contribution in [0.3, 0.4) is 0 Å². The molecule has 0 fully saturated rings. The highest BCUT2D eigenvalue weighted by atomic mass is 32.1. The number of hydrogen-bond donors (Lipinski definition) is 0. The van der Waals surface area contributed by atoms with E-state index in [1.807, 2.05) is 0 Å². The molecule has 0 aromatic rings. The van der Waals surface area contributed by atoms with Crippen molar-refractivity contribution >= 4 is 17.6 Å². The van der Waals surface area contributed by atoms with E-state index >= 15 is 0 Å². The first kappa shape index (κ1) is 5.95.